The number of amides is 2. The number of methoxy groups -OCH3 is 1. The van der Waals surface area contributed by atoms with E-state index in [1.54, 1.807) is 68.4 Å². The van der Waals surface area contributed by atoms with Crippen molar-refractivity contribution in [3.63, 3.8) is 0 Å². The van der Waals surface area contributed by atoms with Gasteiger partial charge in [-0.2, -0.15) is 5.10 Å². The van der Waals surface area contributed by atoms with Crippen LogP contribution in [-0.2, 0) is 9.59 Å². The van der Waals surface area contributed by atoms with Gasteiger partial charge in [-0.25, -0.2) is 10.2 Å². The normalized spacial score (nSPS) is 10.9. The summed E-state index contributed by atoms with van der Waals surface area (Å²) >= 11 is 12.1. The summed E-state index contributed by atoms with van der Waals surface area (Å²) in [4.78, 5) is 36.8. The van der Waals surface area contributed by atoms with Gasteiger partial charge in [-0.1, -0.05) is 41.4 Å². The summed E-state index contributed by atoms with van der Waals surface area (Å²) in [7, 11) is 1.42. The van der Waals surface area contributed by atoms with E-state index in [-0.39, 0.29) is 22.1 Å². The predicted octanol–water partition coefficient (Wildman–Crippen LogP) is 5.01. The molecule has 3 rings (SSSR count). The minimum absolute atomic E-state index is 0.175. The molecule has 3 aromatic rings. The van der Waals surface area contributed by atoms with E-state index in [0.29, 0.717) is 27.5 Å². The fourth-order valence-electron chi connectivity index (χ4n) is 2.93. The van der Waals surface area contributed by atoms with Crippen LogP contribution in [0, 0.1) is 6.92 Å². The molecule has 0 aliphatic rings. The second kappa shape index (κ2) is 11.5. The molecule has 2 N–H and O–H groups in total. The zero-order valence-electron chi connectivity index (χ0n) is 19.0. The standard InChI is InChI=1S/C25H21Cl2N3O5/c1-14-18(26)9-6-10-20(14)28-23(31)24(32)30-29-15(2)16-11-12-21(22(13-16)34-3)35-25(33)17-7-4-5-8-19(17)27/h4-13H,1-3H3,(H,28,31)(H,30,32). The van der Waals surface area contributed by atoms with E-state index < -0.39 is 17.8 Å². The number of anilines is 1. The second-order valence-electron chi connectivity index (χ2n) is 7.24. The highest BCUT2D eigenvalue weighted by atomic mass is 35.5. The summed E-state index contributed by atoms with van der Waals surface area (Å²) in [6, 6.07) is 16.2. The maximum atomic E-state index is 12.5. The van der Waals surface area contributed by atoms with Gasteiger partial charge in [-0.05, 0) is 61.9 Å². The quantitative estimate of drug-likeness (QED) is 0.158. The summed E-state index contributed by atoms with van der Waals surface area (Å²) < 4.78 is 10.7. The van der Waals surface area contributed by atoms with E-state index in [9.17, 15) is 14.4 Å². The molecule has 0 fully saturated rings. The van der Waals surface area contributed by atoms with Crippen LogP contribution < -0.4 is 20.2 Å². The average Bonchev–Trinajstić information content (AvgIpc) is 2.85. The summed E-state index contributed by atoms with van der Waals surface area (Å²) in [5.41, 5.74) is 4.43. The molecule has 0 radical (unpaired) electrons. The fourth-order valence-corrected chi connectivity index (χ4v) is 3.32. The van der Waals surface area contributed by atoms with E-state index >= 15 is 0 Å². The largest absolute Gasteiger partial charge is 0.493 e. The van der Waals surface area contributed by atoms with Crippen molar-refractivity contribution >= 4 is 52.4 Å². The molecule has 0 atom stereocenters. The lowest BCUT2D eigenvalue weighted by molar-refractivity contribution is -0.136. The third-order valence-electron chi connectivity index (χ3n) is 4.93. The molecule has 0 spiro atoms. The van der Waals surface area contributed by atoms with E-state index in [1.807, 2.05) is 0 Å². The molecular formula is C25H21Cl2N3O5. The van der Waals surface area contributed by atoms with Gasteiger partial charge in [-0.3, -0.25) is 9.59 Å². The summed E-state index contributed by atoms with van der Waals surface area (Å²) in [5.74, 6) is -2.06. The van der Waals surface area contributed by atoms with Crippen LogP contribution >= 0.6 is 23.2 Å². The Morgan fingerprint density at radius 1 is 0.886 bits per heavy atom. The Labute approximate surface area is 211 Å². The minimum Gasteiger partial charge on any atom is -0.493 e. The molecule has 0 aliphatic carbocycles. The Morgan fingerprint density at radius 2 is 1.60 bits per heavy atom. The first-order chi connectivity index (χ1) is 16.7. The van der Waals surface area contributed by atoms with Crippen molar-refractivity contribution in [2.24, 2.45) is 5.10 Å². The molecular weight excluding hydrogens is 493 g/mol. The number of halogens is 2. The van der Waals surface area contributed by atoms with E-state index in [1.165, 1.54) is 13.2 Å². The first-order valence-electron chi connectivity index (χ1n) is 10.3. The highest BCUT2D eigenvalue weighted by Gasteiger charge is 2.17. The van der Waals surface area contributed by atoms with E-state index in [0.717, 1.165) is 0 Å². The molecule has 0 saturated carbocycles. The third kappa shape index (κ3) is 6.38. The molecule has 0 unspecified atom stereocenters. The molecule has 0 bridgehead atoms. The van der Waals surface area contributed by atoms with Crippen molar-refractivity contribution in [1.29, 1.82) is 0 Å². The highest BCUT2D eigenvalue weighted by molar-refractivity contribution is 6.40. The highest BCUT2D eigenvalue weighted by Crippen LogP contribution is 2.30. The Bertz CT molecular complexity index is 1320. The molecule has 2 amide bonds. The van der Waals surface area contributed by atoms with Crippen LogP contribution in [-0.4, -0.2) is 30.6 Å². The molecule has 8 nitrogen and oxygen atoms in total. The Balaban J connectivity index is 1.69. The van der Waals surface area contributed by atoms with Gasteiger partial charge < -0.3 is 14.8 Å². The number of rotatable bonds is 6. The number of ether oxygens (including phenoxy) is 2. The van der Waals surface area contributed by atoms with Gasteiger partial charge in [0.2, 0.25) is 0 Å². The Hall–Kier alpha value is -3.88. The average molecular weight is 514 g/mol. The van der Waals surface area contributed by atoms with Crippen molar-refractivity contribution < 1.29 is 23.9 Å². The lowest BCUT2D eigenvalue weighted by Gasteiger charge is -2.12. The smallest absolute Gasteiger partial charge is 0.345 e. The molecule has 0 heterocycles. The van der Waals surface area contributed by atoms with Gasteiger partial charge in [0.1, 0.15) is 0 Å². The minimum atomic E-state index is -0.957. The predicted molar refractivity (Wildman–Crippen MR) is 135 cm³/mol. The van der Waals surface area contributed by atoms with Crippen molar-refractivity contribution in [3.8, 4) is 11.5 Å². The molecule has 3 aromatic carbocycles. The lowest BCUT2D eigenvalue weighted by atomic mass is 10.1. The number of hydrogen-bond donors (Lipinski definition) is 2. The molecule has 0 aromatic heterocycles. The maximum absolute atomic E-state index is 12.5. The van der Waals surface area contributed by atoms with Crippen LogP contribution in [0.4, 0.5) is 5.69 Å². The van der Waals surface area contributed by atoms with Crippen molar-refractivity contribution in [2.75, 3.05) is 12.4 Å². The summed E-state index contributed by atoms with van der Waals surface area (Å²) in [6.07, 6.45) is 0. The number of benzene rings is 3. The summed E-state index contributed by atoms with van der Waals surface area (Å²) in [5, 5.41) is 7.19. The van der Waals surface area contributed by atoms with Gasteiger partial charge in [0, 0.05) is 16.3 Å². The van der Waals surface area contributed by atoms with Crippen molar-refractivity contribution in [1.82, 2.24) is 5.43 Å². The number of nitrogens with one attached hydrogen (secondary N) is 2. The first kappa shape index (κ1) is 25.7. The fraction of sp³-hybridized carbons (Fsp3) is 0.120. The number of esters is 1. The van der Waals surface area contributed by atoms with Crippen LogP contribution in [0.25, 0.3) is 0 Å². The zero-order chi connectivity index (χ0) is 25.5. The number of hydrogen-bond acceptors (Lipinski definition) is 6. The maximum Gasteiger partial charge on any atom is 0.345 e. The van der Waals surface area contributed by atoms with Gasteiger partial charge >= 0.3 is 17.8 Å². The number of hydrazone groups is 1. The molecule has 0 saturated heterocycles. The Kier molecular flexibility index (Phi) is 8.46. The van der Waals surface area contributed by atoms with Crippen LogP contribution in [0.15, 0.2) is 65.8 Å². The number of carbonyl (C=O) groups excluding carboxylic acids is 3. The topological polar surface area (TPSA) is 106 Å². The van der Waals surface area contributed by atoms with Gasteiger partial charge in [0.05, 0.1) is 23.4 Å². The third-order valence-corrected chi connectivity index (χ3v) is 5.66. The van der Waals surface area contributed by atoms with Crippen LogP contribution in [0.2, 0.25) is 10.0 Å². The second-order valence-corrected chi connectivity index (χ2v) is 8.05. The Morgan fingerprint density at radius 3 is 2.31 bits per heavy atom. The van der Waals surface area contributed by atoms with Gasteiger partial charge in [-0.15, -0.1) is 0 Å². The van der Waals surface area contributed by atoms with Crippen molar-refractivity contribution in [3.05, 3.63) is 87.4 Å². The molecule has 35 heavy (non-hydrogen) atoms. The lowest BCUT2D eigenvalue weighted by Crippen LogP contribution is -2.33. The van der Waals surface area contributed by atoms with E-state index in [4.69, 9.17) is 32.7 Å². The number of carbonyl (C=O) groups is 3. The van der Waals surface area contributed by atoms with Crippen LogP contribution in [0.5, 0.6) is 11.5 Å². The van der Waals surface area contributed by atoms with Gasteiger partial charge in [0.25, 0.3) is 0 Å². The SMILES string of the molecule is COc1cc(C(C)=NNC(=O)C(=O)Nc2cccc(Cl)c2C)ccc1OC(=O)c1ccccc1Cl. The van der Waals surface area contributed by atoms with Crippen LogP contribution in [0.1, 0.15) is 28.4 Å². The molecule has 0 aliphatic heterocycles. The molecule has 180 valence electrons. The van der Waals surface area contributed by atoms with Gasteiger partial charge in [0.15, 0.2) is 11.5 Å². The van der Waals surface area contributed by atoms with Crippen LogP contribution in [0.3, 0.4) is 0 Å². The zero-order valence-corrected chi connectivity index (χ0v) is 20.5. The number of nitrogens with zero attached hydrogens (tertiary/aromatic N) is 1. The first-order valence-corrected chi connectivity index (χ1v) is 11.0. The van der Waals surface area contributed by atoms with Crippen molar-refractivity contribution in [2.45, 2.75) is 13.8 Å². The van der Waals surface area contributed by atoms with E-state index in [2.05, 4.69) is 15.8 Å². The molecule has 10 heteroatoms. The summed E-state index contributed by atoms with van der Waals surface area (Å²) in [6.45, 7) is 3.35. The monoisotopic (exact) mass is 513 g/mol.